The van der Waals surface area contributed by atoms with Crippen molar-refractivity contribution >= 4 is 5.69 Å². The second-order valence-electron chi connectivity index (χ2n) is 3.55. The Morgan fingerprint density at radius 3 is 2.65 bits per heavy atom. The lowest BCUT2D eigenvalue weighted by atomic mass is 10.2. The van der Waals surface area contributed by atoms with Crippen LogP contribution in [0.15, 0.2) is 42.7 Å². The summed E-state index contributed by atoms with van der Waals surface area (Å²) in [5.41, 5.74) is 7.46. The molecule has 0 unspecified atom stereocenters. The fourth-order valence-electron chi connectivity index (χ4n) is 1.41. The summed E-state index contributed by atoms with van der Waals surface area (Å²) in [4.78, 5) is 3.95. The highest BCUT2D eigenvalue weighted by molar-refractivity contribution is 5.55. The Labute approximate surface area is 100 Å². The van der Waals surface area contributed by atoms with Crippen molar-refractivity contribution in [1.29, 1.82) is 0 Å². The van der Waals surface area contributed by atoms with Crippen LogP contribution in [0, 0.1) is 0 Å². The number of benzene rings is 1. The standard InChI is InChI=1S/C13H14N2O2/c1-16-11-2-3-12(14)13(8-11)17-9-10-4-6-15-7-5-10/h2-8H,9,14H2,1H3. The molecule has 0 aliphatic heterocycles. The van der Waals surface area contributed by atoms with Gasteiger partial charge in [-0.25, -0.2) is 0 Å². The maximum absolute atomic E-state index is 5.82. The number of aromatic nitrogens is 1. The first-order valence-corrected chi connectivity index (χ1v) is 5.25. The van der Waals surface area contributed by atoms with Gasteiger partial charge in [-0.05, 0) is 29.8 Å². The maximum atomic E-state index is 5.82. The normalized spacial score (nSPS) is 9.94. The SMILES string of the molecule is COc1ccc(N)c(OCc2ccncc2)c1. The summed E-state index contributed by atoms with van der Waals surface area (Å²) < 4.78 is 10.7. The molecule has 2 rings (SSSR count). The van der Waals surface area contributed by atoms with Gasteiger partial charge in [0.2, 0.25) is 0 Å². The van der Waals surface area contributed by atoms with Crippen LogP contribution in [0.4, 0.5) is 5.69 Å². The summed E-state index contributed by atoms with van der Waals surface area (Å²) in [6.07, 6.45) is 3.46. The molecule has 1 aromatic carbocycles. The van der Waals surface area contributed by atoms with E-state index in [1.807, 2.05) is 12.1 Å². The van der Waals surface area contributed by atoms with E-state index in [1.54, 1.807) is 37.7 Å². The van der Waals surface area contributed by atoms with Gasteiger partial charge in [-0.15, -0.1) is 0 Å². The first-order valence-electron chi connectivity index (χ1n) is 5.25. The molecule has 1 aromatic heterocycles. The predicted octanol–water partition coefficient (Wildman–Crippen LogP) is 2.25. The highest BCUT2D eigenvalue weighted by Crippen LogP contribution is 2.27. The summed E-state index contributed by atoms with van der Waals surface area (Å²) in [5, 5.41) is 0. The Morgan fingerprint density at radius 1 is 1.18 bits per heavy atom. The van der Waals surface area contributed by atoms with Gasteiger partial charge >= 0.3 is 0 Å². The molecule has 0 aliphatic rings. The van der Waals surface area contributed by atoms with Gasteiger partial charge in [0.25, 0.3) is 0 Å². The summed E-state index contributed by atoms with van der Waals surface area (Å²) in [6, 6.07) is 9.14. The molecule has 0 spiro atoms. The zero-order valence-electron chi connectivity index (χ0n) is 9.59. The average Bonchev–Trinajstić information content (AvgIpc) is 2.39. The molecule has 1 heterocycles. The van der Waals surface area contributed by atoms with E-state index >= 15 is 0 Å². The van der Waals surface area contributed by atoms with Crippen molar-refractivity contribution in [2.45, 2.75) is 6.61 Å². The van der Waals surface area contributed by atoms with Crippen molar-refractivity contribution in [2.75, 3.05) is 12.8 Å². The molecule has 2 N–H and O–H groups in total. The van der Waals surface area contributed by atoms with E-state index in [0.717, 1.165) is 11.3 Å². The lowest BCUT2D eigenvalue weighted by Crippen LogP contribution is -1.99. The zero-order chi connectivity index (χ0) is 12.1. The molecule has 0 radical (unpaired) electrons. The van der Waals surface area contributed by atoms with Crippen LogP contribution in [-0.2, 0) is 6.61 Å². The predicted molar refractivity (Wildman–Crippen MR) is 66.0 cm³/mol. The Bertz CT molecular complexity index is 486. The van der Waals surface area contributed by atoms with E-state index in [4.69, 9.17) is 15.2 Å². The van der Waals surface area contributed by atoms with E-state index in [-0.39, 0.29) is 0 Å². The molecule has 0 saturated heterocycles. The van der Waals surface area contributed by atoms with Crippen LogP contribution in [0.1, 0.15) is 5.56 Å². The van der Waals surface area contributed by atoms with Gasteiger partial charge in [0.05, 0.1) is 12.8 Å². The molecule has 0 atom stereocenters. The Hall–Kier alpha value is -2.23. The Balaban J connectivity index is 2.08. The van der Waals surface area contributed by atoms with Crippen LogP contribution in [0.2, 0.25) is 0 Å². The molecule has 2 aromatic rings. The van der Waals surface area contributed by atoms with Gasteiger partial charge in [0.15, 0.2) is 0 Å². The van der Waals surface area contributed by atoms with Crippen LogP contribution >= 0.6 is 0 Å². The van der Waals surface area contributed by atoms with Crippen molar-refractivity contribution in [3.05, 3.63) is 48.3 Å². The van der Waals surface area contributed by atoms with E-state index in [2.05, 4.69) is 4.98 Å². The minimum atomic E-state index is 0.458. The summed E-state index contributed by atoms with van der Waals surface area (Å²) in [6.45, 7) is 0.458. The number of pyridine rings is 1. The van der Waals surface area contributed by atoms with Gasteiger partial charge in [0.1, 0.15) is 18.1 Å². The highest BCUT2D eigenvalue weighted by atomic mass is 16.5. The Morgan fingerprint density at radius 2 is 1.94 bits per heavy atom. The molecular weight excluding hydrogens is 216 g/mol. The van der Waals surface area contributed by atoms with E-state index in [0.29, 0.717) is 18.0 Å². The second-order valence-corrected chi connectivity index (χ2v) is 3.55. The minimum Gasteiger partial charge on any atom is -0.497 e. The highest BCUT2D eigenvalue weighted by Gasteiger charge is 2.03. The fraction of sp³-hybridized carbons (Fsp3) is 0.154. The third kappa shape index (κ3) is 2.87. The van der Waals surface area contributed by atoms with Crippen LogP contribution in [-0.4, -0.2) is 12.1 Å². The van der Waals surface area contributed by atoms with Gasteiger partial charge in [-0.2, -0.15) is 0 Å². The zero-order valence-corrected chi connectivity index (χ0v) is 9.59. The molecule has 88 valence electrons. The topological polar surface area (TPSA) is 57.4 Å². The lowest BCUT2D eigenvalue weighted by molar-refractivity contribution is 0.305. The number of hydrogen-bond acceptors (Lipinski definition) is 4. The van der Waals surface area contributed by atoms with E-state index in [1.165, 1.54) is 0 Å². The van der Waals surface area contributed by atoms with Crippen LogP contribution < -0.4 is 15.2 Å². The monoisotopic (exact) mass is 230 g/mol. The van der Waals surface area contributed by atoms with Crippen molar-refractivity contribution in [3.63, 3.8) is 0 Å². The van der Waals surface area contributed by atoms with Crippen molar-refractivity contribution in [2.24, 2.45) is 0 Å². The molecule has 4 nitrogen and oxygen atoms in total. The van der Waals surface area contributed by atoms with Crippen LogP contribution in [0.3, 0.4) is 0 Å². The number of nitrogens with zero attached hydrogens (tertiary/aromatic N) is 1. The number of methoxy groups -OCH3 is 1. The number of nitrogens with two attached hydrogens (primary N) is 1. The third-order valence-electron chi connectivity index (χ3n) is 2.36. The largest absolute Gasteiger partial charge is 0.497 e. The van der Waals surface area contributed by atoms with Gasteiger partial charge in [0, 0.05) is 18.5 Å². The maximum Gasteiger partial charge on any atom is 0.146 e. The number of anilines is 1. The molecule has 0 aliphatic carbocycles. The molecule has 0 amide bonds. The van der Waals surface area contributed by atoms with Crippen molar-refractivity contribution in [3.8, 4) is 11.5 Å². The Kier molecular flexibility index (Phi) is 3.45. The van der Waals surface area contributed by atoms with Crippen LogP contribution in [0.5, 0.6) is 11.5 Å². The molecule has 17 heavy (non-hydrogen) atoms. The molecule has 0 saturated carbocycles. The first kappa shape index (κ1) is 11.3. The smallest absolute Gasteiger partial charge is 0.146 e. The fourth-order valence-corrected chi connectivity index (χ4v) is 1.41. The van der Waals surface area contributed by atoms with E-state index in [9.17, 15) is 0 Å². The molecular formula is C13H14N2O2. The van der Waals surface area contributed by atoms with Gasteiger partial charge in [-0.1, -0.05) is 0 Å². The third-order valence-corrected chi connectivity index (χ3v) is 2.36. The van der Waals surface area contributed by atoms with Crippen molar-refractivity contribution < 1.29 is 9.47 Å². The second kappa shape index (κ2) is 5.21. The summed E-state index contributed by atoms with van der Waals surface area (Å²) in [5.74, 6) is 1.35. The van der Waals surface area contributed by atoms with E-state index < -0.39 is 0 Å². The van der Waals surface area contributed by atoms with Gasteiger partial charge < -0.3 is 15.2 Å². The average molecular weight is 230 g/mol. The number of nitrogen functional groups attached to an aromatic ring is 1. The molecule has 0 bridgehead atoms. The lowest BCUT2D eigenvalue weighted by Gasteiger charge is -2.10. The number of hydrogen-bond donors (Lipinski definition) is 1. The van der Waals surface area contributed by atoms with Crippen molar-refractivity contribution in [1.82, 2.24) is 4.98 Å². The number of ether oxygens (including phenoxy) is 2. The van der Waals surface area contributed by atoms with Crippen LogP contribution in [0.25, 0.3) is 0 Å². The number of rotatable bonds is 4. The molecule has 0 fully saturated rings. The van der Waals surface area contributed by atoms with Gasteiger partial charge in [-0.3, -0.25) is 4.98 Å². The summed E-state index contributed by atoms with van der Waals surface area (Å²) in [7, 11) is 1.61. The quantitative estimate of drug-likeness (QED) is 0.818. The minimum absolute atomic E-state index is 0.458. The first-order chi connectivity index (χ1) is 8.29. The summed E-state index contributed by atoms with van der Waals surface area (Å²) >= 11 is 0. The molecule has 4 heteroatoms.